The number of ether oxygens (including phenoxy) is 1. The number of ketones is 1. The van der Waals surface area contributed by atoms with E-state index in [-0.39, 0.29) is 16.7 Å². The molecule has 2 aromatic rings. The van der Waals surface area contributed by atoms with Crippen LogP contribution in [0.25, 0.3) is 0 Å². The molecule has 0 fully saturated rings. The van der Waals surface area contributed by atoms with Gasteiger partial charge in [0.25, 0.3) is 0 Å². The van der Waals surface area contributed by atoms with Gasteiger partial charge >= 0.3 is 6.18 Å². The second kappa shape index (κ2) is 6.61. The maximum absolute atomic E-state index is 12.7. The second-order valence-corrected chi connectivity index (χ2v) is 5.72. The molecule has 0 unspecified atom stereocenters. The second-order valence-electron chi connectivity index (χ2n) is 4.78. The van der Waals surface area contributed by atoms with Crippen LogP contribution in [-0.4, -0.2) is 33.4 Å². The number of nitrogens with zero attached hydrogens (tertiary/aromatic N) is 3. The Morgan fingerprint density at radius 3 is 2.61 bits per heavy atom. The Labute approximate surface area is 134 Å². The molecule has 1 heterocycles. The van der Waals surface area contributed by atoms with E-state index in [1.165, 1.54) is 14.2 Å². The molecule has 5 nitrogen and oxygen atoms in total. The van der Waals surface area contributed by atoms with Crippen molar-refractivity contribution in [2.45, 2.75) is 18.3 Å². The molecule has 9 heteroatoms. The molecule has 0 atom stereocenters. The van der Waals surface area contributed by atoms with Crippen molar-refractivity contribution < 1.29 is 22.7 Å². The number of hydrogen-bond acceptors (Lipinski definition) is 5. The number of aromatic nitrogens is 3. The van der Waals surface area contributed by atoms with Crippen molar-refractivity contribution in [3.63, 3.8) is 0 Å². The molecule has 1 aromatic carbocycles. The Hall–Kier alpha value is -2.03. The van der Waals surface area contributed by atoms with Crippen LogP contribution in [0.3, 0.4) is 0 Å². The van der Waals surface area contributed by atoms with Crippen LogP contribution < -0.4 is 4.74 Å². The number of carbonyl (C=O) groups is 1. The summed E-state index contributed by atoms with van der Waals surface area (Å²) in [6.45, 7) is 1.83. The number of alkyl halides is 3. The van der Waals surface area contributed by atoms with E-state index in [1.807, 2.05) is 6.92 Å². The van der Waals surface area contributed by atoms with Crippen molar-refractivity contribution in [1.29, 1.82) is 0 Å². The molecule has 0 bridgehead atoms. The summed E-state index contributed by atoms with van der Waals surface area (Å²) in [5.41, 5.74) is 1.27. The van der Waals surface area contributed by atoms with E-state index in [0.717, 1.165) is 21.9 Å². The van der Waals surface area contributed by atoms with Gasteiger partial charge in [-0.25, -0.2) is 0 Å². The van der Waals surface area contributed by atoms with Gasteiger partial charge in [0.1, 0.15) is 5.75 Å². The van der Waals surface area contributed by atoms with E-state index < -0.39 is 12.0 Å². The number of hydrogen-bond donors (Lipinski definition) is 0. The minimum absolute atomic E-state index is 0.0253. The molecule has 0 aliphatic rings. The highest BCUT2D eigenvalue weighted by Crippen LogP contribution is 2.30. The Bertz CT molecular complexity index is 729. The maximum atomic E-state index is 12.7. The van der Waals surface area contributed by atoms with Gasteiger partial charge in [0.15, 0.2) is 10.9 Å². The van der Waals surface area contributed by atoms with Crippen molar-refractivity contribution >= 4 is 17.5 Å². The number of Topliss-reactive ketones (excluding diaryl/α,β-unsaturated/α-hetero) is 1. The molecule has 0 saturated carbocycles. The summed E-state index contributed by atoms with van der Waals surface area (Å²) < 4.78 is 43.9. The van der Waals surface area contributed by atoms with E-state index in [4.69, 9.17) is 4.74 Å². The maximum Gasteiger partial charge on any atom is 0.451 e. The first-order chi connectivity index (χ1) is 10.7. The van der Waals surface area contributed by atoms with Crippen LogP contribution in [-0.2, 0) is 13.2 Å². The molecule has 0 amide bonds. The molecule has 23 heavy (non-hydrogen) atoms. The van der Waals surface area contributed by atoms with Crippen molar-refractivity contribution in [2.75, 3.05) is 12.9 Å². The van der Waals surface area contributed by atoms with Gasteiger partial charge in [0, 0.05) is 7.05 Å². The molecule has 0 spiro atoms. The van der Waals surface area contributed by atoms with Crippen LogP contribution in [0.4, 0.5) is 13.2 Å². The number of methoxy groups -OCH3 is 1. The summed E-state index contributed by atoms with van der Waals surface area (Å²) in [5.74, 6) is -0.994. The molecular formula is C14H14F3N3O2S. The normalized spacial score (nSPS) is 11.6. The summed E-state index contributed by atoms with van der Waals surface area (Å²) in [4.78, 5) is 12.3. The third kappa shape index (κ3) is 3.84. The van der Waals surface area contributed by atoms with Gasteiger partial charge in [0.05, 0.1) is 18.4 Å². The summed E-state index contributed by atoms with van der Waals surface area (Å²) in [6.07, 6.45) is -4.58. The summed E-state index contributed by atoms with van der Waals surface area (Å²) in [5, 5.41) is 6.62. The highest BCUT2D eigenvalue weighted by molar-refractivity contribution is 7.99. The van der Waals surface area contributed by atoms with Crippen molar-refractivity contribution in [3.8, 4) is 5.75 Å². The standard InChI is InChI=1S/C14H14F3N3O2S/c1-8-4-5-11(22-3)9(6-8)10(21)7-23-13-19-18-12(20(13)2)14(15,16)17/h4-6H,7H2,1-3H3. The third-order valence-electron chi connectivity index (χ3n) is 3.08. The van der Waals surface area contributed by atoms with Crippen molar-refractivity contribution in [1.82, 2.24) is 14.8 Å². The molecule has 0 radical (unpaired) electrons. The van der Waals surface area contributed by atoms with Crippen molar-refractivity contribution in [2.24, 2.45) is 7.05 Å². The Kier molecular flexibility index (Phi) is 4.98. The van der Waals surface area contributed by atoms with Crippen LogP contribution in [0.15, 0.2) is 23.4 Å². The minimum Gasteiger partial charge on any atom is -0.496 e. The van der Waals surface area contributed by atoms with Gasteiger partial charge in [-0.15, -0.1) is 10.2 Å². The van der Waals surface area contributed by atoms with Crippen LogP contribution in [0, 0.1) is 6.92 Å². The van der Waals surface area contributed by atoms with Gasteiger partial charge in [-0.2, -0.15) is 13.2 Å². The SMILES string of the molecule is COc1ccc(C)cc1C(=O)CSc1nnc(C(F)(F)F)n1C. The van der Waals surface area contributed by atoms with Crippen LogP contribution in [0.5, 0.6) is 5.75 Å². The Morgan fingerprint density at radius 1 is 1.35 bits per heavy atom. The molecule has 0 N–H and O–H groups in total. The monoisotopic (exact) mass is 345 g/mol. The predicted octanol–water partition coefficient (Wildman–Crippen LogP) is 3.13. The van der Waals surface area contributed by atoms with Crippen molar-refractivity contribution in [3.05, 3.63) is 35.2 Å². The molecule has 124 valence electrons. The molecule has 0 aliphatic carbocycles. The lowest BCUT2D eigenvalue weighted by molar-refractivity contribution is -0.147. The van der Waals surface area contributed by atoms with E-state index in [0.29, 0.717) is 11.3 Å². The first kappa shape index (κ1) is 17.3. The van der Waals surface area contributed by atoms with E-state index in [1.54, 1.807) is 18.2 Å². The smallest absolute Gasteiger partial charge is 0.451 e. The number of halogens is 3. The van der Waals surface area contributed by atoms with E-state index in [2.05, 4.69) is 10.2 Å². The first-order valence-corrected chi connectivity index (χ1v) is 7.50. The van der Waals surface area contributed by atoms with Crippen LogP contribution in [0.2, 0.25) is 0 Å². The highest BCUT2D eigenvalue weighted by Gasteiger charge is 2.37. The quantitative estimate of drug-likeness (QED) is 0.616. The zero-order chi connectivity index (χ0) is 17.2. The first-order valence-electron chi connectivity index (χ1n) is 6.51. The molecule has 2 rings (SSSR count). The average Bonchev–Trinajstić information content (AvgIpc) is 2.85. The lowest BCUT2D eigenvalue weighted by atomic mass is 10.1. The zero-order valence-electron chi connectivity index (χ0n) is 12.6. The lowest BCUT2D eigenvalue weighted by Gasteiger charge is -2.09. The summed E-state index contributed by atoms with van der Waals surface area (Å²) in [7, 11) is 2.66. The van der Waals surface area contributed by atoms with Gasteiger partial charge in [-0.05, 0) is 19.1 Å². The van der Waals surface area contributed by atoms with Gasteiger partial charge in [0.2, 0.25) is 5.82 Å². The largest absolute Gasteiger partial charge is 0.496 e. The fourth-order valence-electron chi connectivity index (χ4n) is 1.94. The fraction of sp³-hybridized carbons (Fsp3) is 0.357. The molecule has 0 saturated heterocycles. The Balaban J connectivity index is 2.14. The number of carbonyl (C=O) groups excluding carboxylic acids is 1. The zero-order valence-corrected chi connectivity index (χ0v) is 13.5. The minimum atomic E-state index is -4.58. The number of thioether (sulfide) groups is 1. The van der Waals surface area contributed by atoms with Gasteiger partial charge in [-0.1, -0.05) is 23.4 Å². The highest BCUT2D eigenvalue weighted by atomic mass is 32.2. The lowest BCUT2D eigenvalue weighted by Crippen LogP contribution is -2.13. The summed E-state index contributed by atoms with van der Waals surface area (Å²) in [6, 6.07) is 5.16. The number of benzene rings is 1. The fourth-order valence-corrected chi connectivity index (χ4v) is 2.73. The van der Waals surface area contributed by atoms with Gasteiger partial charge in [-0.3, -0.25) is 4.79 Å². The topological polar surface area (TPSA) is 57.0 Å². The summed E-state index contributed by atoms with van der Waals surface area (Å²) >= 11 is 0.896. The number of rotatable bonds is 5. The van der Waals surface area contributed by atoms with E-state index in [9.17, 15) is 18.0 Å². The van der Waals surface area contributed by atoms with Crippen LogP contribution in [0.1, 0.15) is 21.7 Å². The Morgan fingerprint density at radius 2 is 2.04 bits per heavy atom. The predicted molar refractivity (Wildman–Crippen MR) is 78.8 cm³/mol. The van der Waals surface area contributed by atoms with E-state index >= 15 is 0 Å². The molecular weight excluding hydrogens is 331 g/mol. The molecule has 1 aromatic heterocycles. The average molecular weight is 345 g/mol. The third-order valence-corrected chi connectivity index (χ3v) is 4.10. The van der Waals surface area contributed by atoms with Crippen LogP contribution >= 0.6 is 11.8 Å². The van der Waals surface area contributed by atoms with Gasteiger partial charge < -0.3 is 9.30 Å². The number of aryl methyl sites for hydroxylation is 1. The molecule has 0 aliphatic heterocycles.